The first-order valence-electron chi connectivity index (χ1n) is 5.72. The molecule has 7 heteroatoms. The van der Waals surface area contributed by atoms with Gasteiger partial charge in [0, 0.05) is 0 Å². The van der Waals surface area contributed by atoms with Gasteiger partial charge < -0.3 is 4.74 Å². The number of ether oxygens (including phenoxy) is 1. The summed E-state index contributed by atoms with van der Waals surface area (Å²) in [5.74, 6) is -0.737. The largest absolute Gasteiger partial charge is 0.447 e. The highest BCUT2D eigenvalue weighted by Crippen LogP contribution is 2.19. The monoisotopic (exact) mass is 281 g/mol. The van der Waals surface area contributed by atoms with E-state index in [2.05, 4.69) is 0 Å². The van der Waals surface area contributed by atoms with Crippen LogP contribution in [0.3, 0.4) is 0 Å². The van der Waals surface area contributed by atoms with Gasteiger partial charge in [-0.3, -0.25) is 4.79 Å². The Morgan fingerprint density at radius 1 is 1.32 bits per heavy atom. The first kappa shape index (κ1) is 13.5. The van der Waals surface area contributed by atoms with Crippen molar-refractivity contribution in [2.45, 2.75) is 12.5 Å². The van der Waals surface area contributed by atoms with E-state index >= 15 is 0 Å². The number of carbonyl (C=O) groups is 2. The molecule has 1 saturated heterocycles. The Bertz CT molecular complexity index is 546. The highest BCUT2D eigenvalue weighted by molar-refractivity contribution is 7.32. The maximum atomic E-state index is 11.7. The van der Waals surface area contributed by atoms with Gasteiger partial charge in [-0.25, -0.2) is 18.8 Å². The van der Waals surface area contributed by atoms with E-state index in [1.54, 1.807) is 0 Å². The maximum Gasteiger partial charge on any atom is 0.417 e. The van der Waals surface area contributed by atoms with Gasteiger partial charge in [0.25, 0.3) is 0 Å². The van der Waals surface area contributed by atoms with Crippen LogP contribution in [0.2, 0.25) is 0 Å². The average Bonchev–Trinajstić information content (AvgIpc) is 2.71. The summed E-state index contributed by atoms with van der Waals surface area (Å²) in [5, 5.41) is 0. The molecule has 1 heterocycles. The third-order valence-corrected chi connectivity index (χ3v) is 3.34. The predicted molar refractivity (Wildman–Crippen MR) is 65.3 cm³/mol. The van der Waals surface area contributed by atoms with Gasteiger partial charge in [-0.1, -0.05) is 30.3 Å². The lowest BCUT2D eigenvalue weighted by atomic mass is 10.1. The van der Waals surface area contributed by atoms with Gasteiger partial charge in [-0.2, -0.15) is 0 Å². The van der Waals surface area contributed by atoms with Crippen LogP contribution in [-0.4, -0.2) is 35.7 Å². The van der Waals surface area contributed by atoms with Crippen LogP contribution < -0.4 is 0 Å². The van der Waals surface area contributed by atoms with Crippen molar-refractivity contribution in [1.82, 2.24) is 4.90 Å². The molecule has 1 aromatic rings. The molecule has 100 valence electrons. The van der Waals surface area contributed by atoms with E-state index in [-0.39, 0.29) is 6.61 Å². The van der Waals surface area contributed by atoms with E-state index in [1.165, 1.54) is 0 Å². The molecule has 0 saturated carbocycles. The predicted octanol–water partition coefficient (Wildman–Crippen LogP) is 1.75. The summed E-state index contributed by atoms with van der Waals surface area (Å²) in [5.41, 5.74) is 0.954. The Kier molecular flexibility index (Phi) is 4.12. The van der Waals surface area contributed by atoms with E-state index in [0.717, 1.165) is 10.5 Å². The number of nitrogens with zero attached hydrogens (tertiary/aromatic N) is 1. The Hall–Kier alpha value is -1.94. The van der Waals surface area contributed by atoms with Gasteiger partial charge in [0.05, 0.1) is 6.04 Å². The SMILES string of the molecule is O=C(CP(=O)=O)N1C(=O)OC[C@@H]1Cc1ccccc1. The smallest absolute Gasteiger partial charge is 0.417 e. The second-order valence-corrected chi connectivity index (χ2v) is 5.16. The fraction of sp³-hybridized carbons (Fsp3) is 0.333. The minimum atomic E-state index is -2.85. The number of cyclic esters (lactones) is 1. The Balaban J connectivity index is 2.11. The molecule has 0 spiro atoms. The summed E-state index contributed by atoms with van der Waals surface area (Å²) in [4.78, 5) is 24.1. The van der Waals surface area contributed by atoms with Crippen LogP contribution >= 0.6 is 7.68 Å². The molecular formula is C12H12NO5P. The first-order chi connectivity index (χ1) is 9.08. The van der Waals surface area contributed by atoms with Gasteiger partial charge in [0.1, 0.15) is 12.8 Å². The third-order valence-electron chi connectivity index (χ3n) is 2.81. The fourth-order valence-corrected chi connectivity index (χ4v) is 2.36. The number of imide groups is 1. The van der Waals surface area contributed by atoms with E-state index in [9.17, 15) is 18.7 Å². The number of hydrogen-bond donors (Lipinski definition) is 0. The first-order valence-corrected chi connectivity index (χ1v) is 7.08. The maximum absolute atomic E-state index is 11.7. The zero-order valence-corrected chi connectivity index (χ0v) is 10.9. The van der Waals surface area contributed by atoms with Gasteiger partial charge in [-0.15, -0.1) is 0 Å². The molecule has 1 aliphatic rings. The highest BCUT2D eigenvalue weighted by atomic mass is 31.1. The number of benzene rings is 1. The van der Waals surface area contributed by atoms with Crippen LogP contribution in [0.1, 0.15) is 5.56 Å². The molecule has 0 bridgehead atoms. The summed E-state index contributed by atoms with van der Waals surface area (Å²) >= 11 is 0. The lowest BCUT2D eigenvalue weighted by Crippen LogP contribution is -2.41. The molecule has 2 amide bonds. The van der Waals surface area contributed by atoms with Crippen molar-refractivity contribution >= 4 is 19.7 Å². The Labute approximate surface area is 110 Å². The summed E-state index contributed by atoms with van der Waals surface area (Å²) in [6.45, 7) is 0.0924. The minimum absolute atomic E-state index is 0.0924. The number of hydrogen-bond acceptors (Lipinski definition) is 5. The third kappa shape index (κ3) is 3.29. The molecule has 0 aromatic heterocycles. The molecule has 1 fully saturated rings. The van der Waals surface area contributed by atoms with E-state index in [4.69, 9.17) is 4.74 Å². The quantitative estimate of drug-likeness (QED) is 0.785. The van der Waals surface area contributed by atoms with Crippen molar-refractivity contribution in [3.8, 4) is 0 Å². The van der Waals surface area contributed by atoms with Crippen molar-refractivity contribution in [2.75, 3.05) is 12.8 Å². The Morgan fingerprint density at radius 3 is 2.63 bits per heavy atom. The molecule has 0 unspecified atom stereocenters. The summed E-state index contributed by atoms with van der Waals surface area (Å²) in [6.07, 6.45) is -0.994. The highest BCUT2D eigenvalue weighted by Gasteiger charge is 2.38. The summed E-state index contributed by atoms with van der Waals surface area (Å²) < 4.78 is 26.0. The van der Waals surface area contributed by atoms with E-state index in [0.29, 0.717) is 6.42 Å². The molecule has 1 aromatic carbocycles. The van der Waals surface area contributed by atoms with Crippen LogP contribution in [0, 0.1) is 0 Å². The standard InChI is InChI=1S/C12H12NO5P/c14-11(8-19(16)17)13-10(7-18-12(13)15)6-9-4-2-1-3-5-9/h1-5,10H,6-8H2/t10-/m0/s1. The lowest BCUT2D eigenvalue weighted by molar-refractivity contribution is -0.126. The zero-order chi connectivity index (χ0) is 13.8. The molecule has 19 heavy (non-hydrogen) atoms. The average molecular weight is 281 g/mol. The molecular weight excluding hydrogens is 269 g/mol. The minimum Gasteiger partial charge on any atom is -0.447 e. The van der Waals surface area contributed by atoms with E-state index in [1.807, 2.05) is 30.3 Å². The van der Waals surface area contributed by atoms with Crippen LogP contribution in [0.5, 0.6) is 0 Å². The fourth-order valence-electron chi connectivity index (χ4n) is 1.99. The lowest BCUT2D eigenvalue weighted by Gasteiger charge is -2.18. The van der Waals surface area contributed by atoms with Crippen molar-refractivity contribution in [2.24, 2.45) is 0 Å². The van der Waals surface area contributed by atoms with Crippen LogP contribution in [0.25, 0.3) is 0 Å². The van der Waals surface area contributed by atoms with Crippen LogP contribution in [0.4, 0.5) is 4.79 Å². The molecule has 1 atom stereocenters. The Morgan fingerprint density at radius 2 is 2.00 bits per heavy atom. The van der Waals surface area contributed by atoms with Crippen molar-refractivity contribution in [3.63, 3.8) is 0 Å². The van der Waals surface area contributed by atoms with E-state index < -0.39 is 31.9 Å². The second-order valence-electron chi connectivity index (χ2n) is 4.18. The zero-order valence-electron chi connectivity index (χ0n) is 10.0. The summed E-state index contributed by atoms with van der Waals surface area (Å²) in [7, 11) is -2.85. The van der Waals surface area contributed by atoms with Gasteiger partial charge in [0.15, 0.2) is 0 Å². The molecule has 1 aliphatic heterocycles. The van der Waals surface area contributed by atoms with Crippen molar-refractivity contribution < 1.29 is 23.5 Å². The van der Waals surface area contributed by atoms with Crippen molar-refractivity contribution in [3.05, 3.63) is 35.9 Å². The number of rotatable bonds is 4. The second kappa shape index (κ2) is 5.80. The molecule has 0 N–H and O–H groups in total. The van der Waals surface area contributed by atoms with Crippen LogP contribution in [-0.2, 0) is 25.1 Å². The number of carbonyl (C=O) groups excluding carboxylic acids is 2. The molecule has 0 aliphatic carbocycles. The normalized spacial score (nSPS) is 18.2. The van der Waals surface area contributed by atoms with Gasteiger partial charge in [-0.05, 0) is 12.0 Å². The molecule has 6 nitrogen and oxygen atoms in total. The van der Waals surface area contributed by atoms with Crippen molar-refractivity contribution in [1.29, 1.82) is 0 Å². The van der Waals surface area contributed by atoms with Gasteiger partial charge in [0.2, 0.25) is 5.91 Å². The van der Waals surface area contributed by atoms with Gasteiger partial charge >= 0.3 is 13.8 Å². The molecule has 2 rings (SSSR count). The van der Waals surface area contributed by atoms with Crippen LogP contribution in [0.15, 0.2) is 30.3 Å². The molecule has 0 radical (unpaired) electrons. The topological polar surface area (TPSA) is 80.8 Å². The summed E-state index contributed by atoms with van der Waals surface area (Å²) in [6, 6.07) is 8.88. The number of amides is 2.